The van der Waals surface area contributed by atoms with Crippen LogP contribution in [0.15, 0.2) is 83.8 Å². The summed E-state index contributed by atoms with van der Waals surface area (Å²) in [6, 6.07) is 19.7. The van der Waals surface area contributed by atoms with Crippen LogP contribution in [-0.4, -0.2) is 8.42 Å². The minimum Gasteiger partial charge on any atom is -0.262 e. The molecule has 25 heavy (non-hydrogen) atoms. The number of nitrogens with zero attached hydrogens (tertiary/aromatic N) is 1. The van der Waals surface area contributed by atoms with Gasteiger partial charge in [0, 0.05) is 0 Å². The molecule has 6 heteroatoms. The predicted molar refractivity (Wildman–Crippen MR) is 92.6 cm³/mol. The molecule has 0 fully saturated rings. The number of sulfonamides is 1. The Morgan fingerprint density at radius 3 is 2.04 bits per heavy atom. The normalized spacial score (nSPS) is 11.3. The van der Waals surface area contributed by atoms with E-state index in [4.69, 9.17) is 0 Å². The SMILES string of the molecule is O=S(=O)(c1cc(F)ccc1F)N(Cc1ccccc1)c1ccccc1. The van der Waals surface area contributed by atoms with E-state index in [9.17, 15) is 17.2 Å². The van der Waals surface area contributed by atoms with E-state index < -0.39 is 26.6 Å². The zero-order chi connectivity index (χ0) is 17.9. The number of hydrogen-bond donors (Lipinski definition) is 0. The monoisotopic (exact) mass is 359 g/mol. The van der Waals surface area contributed by atoms with Gasteiger partial charge in [0.25, 0.3) is 10.0 Å². The molecule has 0 heterocycles. The van der Waals surface area contributed by atoms with Gasteiger partial charge in [-0.05, 0) is 35.9 Å². The second-order valence-electron chi connectivity index (χ2n) is 5.41. The van der Waals surface area contributed by atoms with Gasteiger partial charge in [-0.25, -0.2) is 17.2 Å². The highest BCUT2D eigenvalue weighted by Crippen LogP contribution is 2.27. The number of benzene rings is 3. The molecule has 3 rings (SSSR count). The third kappa shape index (κ3) is 3.69. The van der Waals surface area contributed by atoms with Gasteiger partial charge in [-0.15, -0.1) is 0 Å². The quantitative estimate of drug-likeness (QED) is 0.679. The topological polar surface area (TPSA) is 37.4 Å². The molecule has 3 aromatic carbocycles. The number of hydrogen-bond acceptors (Lipinski definition) is 2. The van der Waals surface area contributed by atoms with Crippen LogP contribution in [0.1, 0.15) is 5.56 Å². The summed E-state index contributed by atoms with van der Waals surface area (Å²) in [6.07, 6.45) is 0. The van der Waals surface area contributed by atoms with Crippen molar-refractivity contribution in [2.24, 2.45) is 0 Å². The van der Waals surface area contributed by atoms with Crippen LogP contribution in [0.2, 0.25) is 0 Å². The maximum atomic E-state index is 14.1. The molecule has 128 valence electrons. The molecular formula is C19H15F2NO2S. The molecule has 0 aromatic heterocycles. The molecule has 0 bridgehead atoms. The van der Waals surface area contributed by atoms with Crippen molar-refractivity contribution in [1.82, 2.24) is 0 Å². The van der Waals surface area contributed by atoms with Crippen molar-refractivity contribution in [3.05, 3.63) is 96.1 Å². The van der Waals surface area contributed by atoms with Crippen LogP contribution < -0.4 is 4.31 Å². The lowest BCUT2D eigenvalue weighted by atomic mass is 10.2. The lowest BCUT2D eigenvalue weighted by molar-refractivity contribution is 0.550. The standard InChI is InChI=1S/C19H15F2NO2S/c20-16-11-12-18(21)19(13-16)25(23,24)22(17-9-5-2-6-10-17)14-15-7-3-1-4-8-15/h1-13H,14H2. The Labute approximate surface area is 145 Å². The van der Waals surface area contributed by atoms with E-state index in [0.717, 1.165) is 22.0 Å². The van der Waals surface area contributed by atoms with Gasteiger partial charge in [-0.2, -0.15) is 0 Å². The Morgan fingerprint density at radius 1 is 0.800 bits per heavy atom. The van der Waals surface area contributed by atoms with Crippen molar-refractivity contribution < 1.29 is 17.2 Å². The van der Waals surface area contributed by atoms with Gasteiger partial charge in [0.05, 0.1) is 12.2 Å². The minimum absolute atomic E-state index is 0.00312. The largest absolute Gasteiger partial charge is 0.267 e. The summed E-state index contributed by atoms with van der Waals surface area (Å²) in [7, 11) is -4.29. The first-order valence-electron chi connectivity index (χ1n) is 7.55. The van der Waals surface area contributed by atoms with E-state index in [2.05, 4.69) is 0 Å². The molecule has 0 radical (unpaired) electrons. The number of halogens is 2. The molecular weight excluding hydrogens is 344 g/mol. The van der Waals surface area contributed by atoms with E-state index in [-0.39, 0.29) is 6.54 Å². The Bertz CT molecular complexity index is 961. The fourth-order valence-corrected chi connectivity index (χ4v) is 3.98. The summed E-state index contributed by atoms with van der Waals surface area (Å²) in [5, 5.41) is 0. The van der Waals surface area contributed by atoms with Gasteiger partial charge in [0.2, 0.25) is 0 Å². The molecule has 0 unspecified atom stereocenters. The maximum Gasteiger partial charge on any atom is 0.267 e. The molecule has 0 aliphatic heterocycles. The number of anilines is 1. The van der Waals surface area contributed by atoms with Crippen molar-refractivity contribution >= 4 is 15.7 Å². The van der Waals surface area contributed by atoms with E-state index in [1.54, 1.807) is 54.6 Å². The summed E-state index contributed by atoms with van der Waals surface area (Å²) in [4.78, 5) is -0.688. The highest BCUT2D eigenvalue weighted by Gasteiger charge is 2.28. The molecule has 0 N–H and O–H groups in total. The second-order valence-corrected chi connectivity index (χ2v) is 7.24. The van der Waals surface area contributed by atoms with Gasteiger partial charge < -0.3 is 0 Å². The van der Waals surface area contributed by atoms with Crippen molar-refractivity contribution in [2.45, 2.75) is 11.4 Å². The molecule has 0 saturated carbocycles. The van der Waals surface area contributed by atoms with Gasteiger partial charge in [0.1, 0.15) is 16.5 Å². The van der Waals surface area contributed by atoms with Gasteiger partial charge >= 0.3 is 0 Å². The van der Waals surface area contributed by atoms with Gasteiger partial charge in [-0.1, -0.05) is 48.5 Å². The molecule has 0 amide bonds. The first-order chi connectivity index (χ1) is 12.0. The summed E-state index contributed by atoms with van der Waals surface area (Å²) in [5.74, 6) is -1.80. The molecule has 0 saturated heterocycles. The number of rotatable bonds is 5. The average molecular weight is 359 g/mol. The van der Waals surface area contributed by atoms with Crippen molar-refractivity contribution in [3.63, 3.8) is 0 Å². The van der Waals surface area contributed by atoms with Crippen LogP contribution in [0.4, 0.5) is 14.5 Å². The third-order valence-electron chi connectivity index (χ3n) is 3.67. The molecule has 0 atom stereocenters. The first kappa shape index (κ1) is 17.1. The van der Waals surface area contributed by atoms with Gasteiger partial charge in [-0.3, -0.25) is 4.31 Å². The Hall–Kier alpha value is -2.73. The molecule has 0 aliphatic carbocycles. The van der Waals surface area contributed by atoms with Crippen LogP contribution in [-0.2, 0) is 16.6 Å². The molecule has 3 aromatic rings. The van der Waals surface area contributed by atoms with E-state index in [1.165, 1.54) is 0 Å². The average Bonchev–Trinajstić information content (AvgIpc) is 2.63. The Morgan fingerprint density at radius 2 is 1.40 bits per heavy atom. The van der Waals surface area contributed by atoms with Crippen LogP contribution in [0, 0.1) is 11.6 Å². The fourth-order valence-electron chi connectivity index (χ4n) is 2.45. The smallest absolute Gasteiger partial charge is 0.262 e. The van der Waals surface area contributed by atoms with Crippen molar-refractivity contribution in [2.75, 3.05) is 4.31 Å². The fraction of sp³-hybridized carbons (Fsp3) is 0.0526. The lowest BCUT2D eigenvalue weighted by Gasteiger charge is -2.25. The third-order valence-corrected chi connectivity index (χ3v) is 5.46. The summed E-state index contributed by atoms with van der Waals surface area (Å²) in [6.45, 7) is 0.00312. The van der Waals surface area contributed by atoms with Crippen LogP contribution in [0.25, 0.3) is 0 Å². The predicted octanol–water partition coefficient (Wildman–Crippen LogP) is 4.36. The molecule has 0 aliphatic rings. The van der Waals surface area contributed by atoms with Crippen molar-refractivity contribution in [3.8, 4) is 0 Å². The van der Waals surface area contributed by atoms with Crippen LogP contribution in [0.3, 0.4) is 0 Å². The molecule has 3 nitrogen and oxygen atoms in total. The van der Waals surface area contributed by atoms with Crippen LogP contribution in [0.5, 0.6) is 0 Å². The van der Waals surface area contributed by atoms with E-state index in [0.29, 0.717) is 11.8 Å². The minimum atomic E-state index is -4.29. The van der Waals surface area contributed by atoms with Crippen molar-refractivity contribution in [1.29, 1.82) is 0 Å². The molecule has 0 spiro atoms. The maximum absolute atomic E-state index is 14.1. The Kier molecular flexibility index (Phi) is 4.81. The number of para-hydroxylation sites is 1. The highest BCUT2D eigenvalue weighted by atomic mass is 32.2. The zero-order valence-corrected chi connectivity index (χ0v) is 14.0. The second kappa shape index (κ2) is 7.03. The summed E-state index contributed by atoms with van der Waals surface area (Å²) in [5.41, 5.74) is 1.10. The zero-order valence-electron chi connectivity index (χ0n) is 13.1. The lowest BCUT2D eigenvalue weighted by Crippen LogP contribution is -2.31. The van der Waals surface area contributed by atoms with Crippen LogP contribution >= 0.6 is 0 Å². The summed E-state index contributed by atoms with van der Waals surface area (Å²) < 4.78 is 54.8. The summed E-state index contributed by atoms with van der Waals surface area (Å²) >= 11 is 0. The van der Waals surface area contributed by atoms with E-state index >= 15 is 0 Å². The van der Waals surface area contributed by atoms with E-state index in [1.807, 2.05) is 6.07 Å². The highest BCUT2D eigenvalue weighted by molar-refractivity contribution is 7.92. The first-order valence-corrected chi connectivity index (χ1v) is 8.99. The Balaban J connectivity index is 2.12. The van der Waals surface area contributed by atoms with Gasteiger partial charge in [0.15, 0.2) is 0 Å².